The minimum absolute atomic E-state index is 0.00919. The summed E-state index contributed by atoms with van der Waals surface area (Å²) in [6.45, 7) is 16.9. The molecule has 1 aliphatic rings. The van der Waals surface area contributed by atoms with Gasteiger partial charge in [0.05, 0.1) is 24.6 Å². The quantitative estimate of drug-likeness (QED) is 0.104. The first-order chi connectivity index (χ1) is 26.5. The van der Waals surface area contributed by atoms with E-state index in [1.807, 2.05) is 44.6 Å². The molecule has 0 spiro atoms. The molecule has 1 aliphatic heterocycles. The minimum Gasteiger partial charge on any atom is -0.534 e. The van der Waals surface area contributed by atoms with Crippen LogP contribution in [0.2, 0.25) is 11.9 Å². The van der Waals surface area contributed by atoms with Gasteiger partial charge in [0.15, 0.2) is 0 Å². The summed E-state index contributed by atoms with van der Waals surface area (Å²) in [7, 11) is -3.75. The third-order valence-corrected chi connectivity index (χ3v) is 15.7. The molecular formula is C44H45BFN5O3Si. The lowest BCUT2D eigenvalue weighted by Crippen LogP contribution is -2.68. The number of halogens is 1. The van der Waals surface area contributed by atoms with Crippen molar-refractivity contribution in [2.75, 3.05) is 18.0 Å². The molecule has 1 fully saturated rings. The monoisotopic (exact) mass is 749 g/mol. The maximum absolute atomic E-state index is 14.3. The highest BCUT2D eigenvalue weighted by Gasteiger charge is 2.52. The van der Waals surface area contributed by atoms with Gasteiger partial charge in [0.25, 0.3) is 0 Å². The number of fused-ring (bicyclic) bond motifs is 1. The summed E-state index contributed by atoms with van der Waals surface area (Å²) in [4.78, 5) is 25.6. The fourth-order valence-corrected chi connectivity index (χ4v) is 12.5. The molecule has 1 N–H and O–H groups in total. The Balaban J connectivity index is 1.15. The average molecular weight is 750 g/mol. The Morgan fingerprint density at radius 1 is 0.982 bits per heavy atom. The van der Waals surface area contributed by atoms with Crippen LogP contribution in [-0.2, 0) is 17.8 Å². The Kier molecular flexibility index (Phi) is 10.8. The van der Waals surface area contributed by atoms with Gasteiger partial charge in [-0.2, -0.15) is 0 Å². The molecule has 0 aliphatic carbocycles. The topological polar surface area (TPSA) is 75.2 Å². The van der Waals surface area contributed by atoms with Crippen LogP contribution >= 0.6 is 0 Å². The smallest absolute Gasteiger partial charge is 0.377 e. The summed E-state index contributed by atoms with van der Waals surface area (Å²) < 4.78 is 23.6. The molecule has 0 bridgehead atoms. The van der Waals surface area contributed by atoms with Crippen molar-refractivity contribution in [2.24, 2.45) is 0 Å². The number of amides is 1. The van der Waals surface area contributed by atoms with Gasteiger partial charge in [0.1, 0.15) is 11.6 Å². The van der Waals surface area contributed by atoms with E-state index < -0.39 is 27.2 Å². The molecule has 278 valence electrons. The van der Waals surface area contributed by atoms with Crippen LogP contribution in [0, 0.1) is 12.4 Å². The van der Waals surface area contributed by atoms with Gasteiger partial charge < -0.3 is 23.7 Å². The third-order valence-electron chi connectivity index (χ3n) is 10.8. The zero-order valence-electron chi connectivity index (χ0n) is 31.7. The van der Waals surface area contributed by atoms with Gasteiger partial charge >= 0.3 is 15.4 Å². The average Bonchev–Trinajstić information content (AvgIpc) is 3.79. The Hall–Kier alpha value is -5.54. The lowest BCUT2D eigenvalue weighted by Gasteiger charge is -2.43. The largest absolute Gasteiger partial charge is 0.534 e. The first-order valence-corrected chi connectivity index (χ1v) is 20.6. The third kappa shape index (κ3) is 7.45. The summed E-state index contributed by atoms with van der Waals surface area (Å²) >= 11 is 0. The van der Waals surface area contributed by atoms with Gasteiger partial charge in [-0.1, -0.05) is 112 Å². The molecule has 7 rings (SSSR count). The number of nitrogens with zero attached hydrogens (tertiary/aromatic N) is 5. The number of hydrogen-bond donors (Lipinski definition) is 1. The summed E-state index contributed by atoms with van der Waals surface area (Å²) in [5.74, 6) is 0.147. The number of rotatable bonds is 12. The van der Waals surface area contributed by atoms with Crippen molar-refractivity contribution in [1.82, 2.24) is 14.4 Å². The molecule has 0 radical (unpaired) electrons. The summed E-state index contributed by atoms with van der Waals surface area (Å²) in [5, 5.41) is 15.1. The SMILES string of the molecule is [C-]#[N+]c1ccc(Cn2cncc2CCN(B(C)O)[C@H]2CCN(c3cccc4ccc(O[Si](c5ccccc5)(c5ccccc5)C(C)(C)C)cc34)C2=O)cc1F. The molecule has 0 saturated carbocycles. The lowest BCUT2D eigenvalue weighted by molar-refractivity contribution is -0.120. The lowest BCUT2D eigenvalue weighted by atomic mass is 9.82. The van der Waals surface area contributed by atoms with Crippen LogP contribution in [0.3, 0.4) is 0 Å². The molecule has 8 nitrogen and oxygen atoms in total. The van der Waals surface area contributed by atoms with E-state index in [4.69, 9.17) is 11.0 Å². The van der Waals surface area contributed by atoms with Crippen molar-refractivity contribution in [3.8, 4) is 5.75 Å². The second kappa shape index (κ2) is 15.7. The van der Waals surface area contributed by atoms with Crippen molar-refractivity contribution in [1.29, 1.82) is 0 Å². The molecule has 0 unspecified atom stereocenters. The number of carbonyl (C=O) groups is 1. The number of benzene rings is 5. The van der Waals surface area contributed by atoms with Crippen LogP contribution in [0.25, 0.3) is 15.6 Å². The highest BCUT2D eigenvalue weighted by molar-refractivity contribution is 7.00. The molecular weight excluding hydrogens is 704 g/mol. The summed E-state index contributed by atoms with van der Waals surface area (Å²) in [6.07, 6.45) is 4.53. The zero-order valence-corrected chi connectivity index (χ0v) is 32.7. The van der Waals surface area contributed by atoms with Crippen LogP contribution in [-0.4, -0.2) is 59.8 Å². The standard InChI is InChI=1S/C44H45BFN5O3Si/c1-44(2,3)55(36-14-8-6-9-15-36,37-16-10-7-11-17-37)54-35-21-20-33-13-12-18-41(38(33)28-35)50-25-24-42(43(50)52)51(45(4)53)26-23-34-29-48-31-49(34)30-32-19-22-40(47-5)39(46)27-32/h6-22,27-29,31,42,53H,23-26,30H2,1-4H3/t42-/m0/s1. The van der Waals surface area contributed by atoms with E-state index in [1.54, 1.807) is 25.4 Å². The molecule has 5 aromatic carbocycles. The number of imidazole rings is 1. The number of anilines is 1. The predicted octanol–water partition coefficient (Wildman–Crippen LogP) is 7.47. The van der Waals surface area contributed by atoms with E-state index in [2.05, 4.69) is 97.3 Å². The maximum atomic E-state index is 14.3. The number of hydrogen-bond acceptors (Lipinski definition) is 5. The van der Waals surface area contributed by atoms with Crippen LogP contribution < -0.4 is 19.7 Å². The first kappa shape index (κ1) is 37.8. The normalized spacial score (nSPS) is 14.8. The van der Waals surface area contributed by atoms with Gasteiger partial charge in [0.2, 0.25) is 11.6 Å². The van der Waals surface area contributed by atoms with Gasteiger partial charge in [-0.15, -0.1) is 0 Å². The molecule has 2 heterocycles. The molecule has 55 heavy (non-hydrogen) atoms. The predicted molar refractivity (Wildman–Crippen MR) is 221 cm³/mol. The fourth-order valence-electron chi connectivity index (χ4n) is 8.05. The molecule has 1 amide bonds. The molecule has 6 aromatic rings. The van der Waals surface area contributed by atoms with Crippen molar-refractivity contribution < 1.29 is 18.6 Å². The second-order valence-corrected chi connectivity index (χ2v) is 19.5. The second-order valence-electron chi connectivity index (χ2n) is 15.2. The van der Waals surface area contributed by atoms with Gasteiger partial charge in [-0.05, 0) is 70.4 Å². The van der Waals surface area contributed by atoms with Gasteiger partial charge in [-0.3, -0.25) is 4.79 Å². The van der Waals surface area contributed by atoms with Gasteiger partial charge in [0, 0.05) is 36.8 Å². The van der Waals surface area contributed by atoms with Crippen molar-refractivity contribution in [2.45, 2.75) is 58.1 Å². The van der Waals surface area contributed by atoms with Crippen molar-refractivity contribution >= 4 is 53.8 Å². The highest BCUT2D eigenvalue weighted by atomic mass is 28.4. The number of carbonyl (C=O) groups excluding carboxylic acids is 1. The van der Waals surface area contributed by atoms with E-state index in [0.717, 1.165) is 27.9 Å². The Labute approximate surface area is 323 Å². The van der Waals surface area contributed by atoms with Crippen LogP contribution in [0.5, 0.6) is 5.75 Å². The molecule has 1 atom stereocenters. The van der Waals surface area contributed by atoms with Crippen molar-refractivity contribution in [3.63, 3.8) is 0 Å². The van der Waals surface area contributed by atoms with Crippen molar-refractivity contribution in [3.05, 3.63) is 156 Å². The Morgan fingerprint density at radius 2 is 1.69 bits per heavy atom. The highest BCUT2D eigenvalue weighted by Crippen LogP contribution is 2.40. The molecule has 1 aromatic heterocycles. The first-order valence-electron chi connectivity index (χ1n) is 18.7. The van der Waals surface area contributed by atoms with E-state index >= 15 is 0 Å². The summed E-state index contributed by atoms with van der Waals surface area (Å²) in [5.41, 5.74) is 2.42. The minimum atomic E-state index is -2.89. The maximum Gasteiger partial charge on any atom is 0.377 e. The Morgan fingerprint density at radius 3 is 2.33 bits per heavy atom. The van der Waals surface area contributed by atoms with Crippen LogP contribution in [0.4, 0.5) is 15.8 Å². The fraction of sp³-hybridized carbons (Fsp3) is 0.250. The molecule has 11 heteroatoms. The van der Waals surface area contributed by atoms with Crippen LogP contribution in [0.1, 0.15) is 38.4 Å². The van der Waals surface area contributed by atoms with E-state index in [9.17, 15) is 14.2 Å². The Bertz CT molecular complexity index is 2300. The van der Waals surface area contributed by atoms with E-state index in [0.29, 0.717) is 38.0 Å². The number of aromatic nitrogens is 2. The van der Waals surface area contributed by atoms with Crippen LogP contribution in [0.15, 0.2) is 128 Å². The van der Waals surface area contributed by atoms with E-state index in [1.165, 1.54) is 22.5 Å². The zero-order chi connectivity index (χ0) is 38.7. The van der Waals surface area contributed by atoms with E-state index in [-0.39, 0.29) is 16.6 Å². The molecule has 1 saturated heterocycles. The summed E-state index contributed by atoms with van der Waals surface area (Å²) in [6, 6.07) is 37.4. The van der Waals surface area contributed by atoms with Gasteiger partial charge in [-0.25, -0.2) is 14.2 Å².